The second kappa shape index (κ2) is 7.09. The highest BCUT2D eigenvalue weighted by atomic mass is 32.3. The predicted molar refractivity (Wildman–Crippen MR) is 107 cm³/mol. The molecule has 2 aliphatic rings. The van der Waals surface area contributed by atoms with E-state index in [2.05, 4.69) is 5.32 Å². The smallest absolute Gasteiger partial charge is 0.0896 e. The molecule has 4 N–H and O–H groups in total. The van der Waals surface area contributed by atoms with E-state index in [4.69, 9.17) is 0 Å². The molecule has 140 valence electrons. The van der Waals surface area contributed by atoms with Gasteiger partial charge in [0.05, 0.1) is 23.2 Å². The summed E-state index contributed by atoms with van der Waals surface area (Å²) >= 11 is 0. The molecule has 1 aliphatic heterocycles. The molecule has 0 bridgehead atoms. The van der Waals surface area contributed by atoms with Crippen molar-refractivity contribution in [3.05, 3.63) is 54.6 Å². The predicted octanol–water partition coefficient (Wildman–Crippen LogP) is 3.73. The van der Waals surface area contributed by atoms with Crippen LogP contribution in [0.15, 0.2) is 54.6 Å². The molecule has 7 heteroatoms. The zero-order valence-corrected chi connectivity index (χ0v) is 15.3. The molecule has 0 aromatic heterocycles. The van der Waals surface area contributed by atoms with Gasteiger partial charge in [-0.1, -0.05) is 30.3 Å². The topological polar surface area (TPSA) is 79.2 Å². The summed E-state index contributed by atoms with van der Waals surface area (Å²) in [6.07, 6.45) is 2.31. The summed E-state index contributed by atoms with van der Waals surface area (Å²) in [6, 6.07) is 17.5. The fourth-order valence-corrected chi connectivity index (χ4v) is 5.04. The van der Waals surface area contributed by atoms with Crippen molar-refractivity contribution in [3.63, 3.8) is 0 Å². The molecular weight excluding hydrogens is 350 g/mol. The van der Waals surface area contributed by atoms with Crippen LogP contribution in [-0.2, 0) is 0 Å². The lowest BCUT2D eigenvalue weighted by Crippen LogP contribution is -2.35. The van der Waals surface area contributed by atoms with E-state index in [0.717, 1.165) is 17.1 Å². The maximum Gasteiger partial charge on any atom is 0.0896 e. The summed E-state index contributed by atoms with van der Waals surface area (Å²) in [7, 11) is -3.22. The summed E-state index contributed by atoms with van der Waals surface area (Å²) < 4.78 is 25.3. The van der Waals surface area contributed by atoms with Crippen molar-refractivity contribution in [3.8, 4) is 0 Å². The Hall–Kier alpha value is -1.77. The molecule has 1 aliphatic carbocycles. The first-order valence-electron chi connectivity index (χ1n) is 8.99. The molecule has 0 amide bonds. The Morgan fingerprint density at radius 2 is 1.65 bits per heavy atom. The van der Waals surface area contributed by atoms with Gasteiger partial charge in [-0.25, -0.2) is 4.31 Å². The van der Waals surface area contributed by atoms with E-state index in [1.165, 1.54) is 12.8 Å². The molecule has 26 heavy (non-hydrogen) atoms. The summed E-state index contributed by atoms with van der Waals surface area (Å²) in [5, 5.41) is 13.5. The highest BCUT2D eigenvalue weighted by molar-refractivity contribution is 8.27. The van der Waals surface area contributed by atoms with Crippen LogP contribution in [0.2, 0.25) is 0 Å². The van der Waals surface area contributed by atoms with E-state index in [0.29, 0.717) is 25.6 Å². The number of fused-ring (bicyclic) bond motifs is 1. The maximum absolute atomic E-state index is 11.0. The molecule has 6 nitrogen and oxygen atoms in total. The van der Waals surface area contributed by atoms with Gasteiger partial charge in [0.15, 0.2) is 0 Å². The molecule has 1 fully saturated rings. The van der Waals surface area contributed by atoms with Gasteiger partial charge in [0.2, 0.25) is 0 Å². The van der Waals surface area contributed by atoms with Crippen LogP contribution >= 0.6 is 11.0 Å². The van der Waals surface area contributed by atoms with E-state index in [9.17, 15) is 14.2 Å². The molecule has 0 radical (unpaired) electrons. The largest absolute Gasteiger partial charge is 0.392 e. The Morgan fingerprint density at radius 3 is 2.35 bits per heavy atom. The van der Waals surface area contributed by atoms with Crippen molar-refractivity contribution in [2.45, 2.75) is 31.4 Å². The molecule has 2 aromatic rings. The van der Waals surface area contributed by atoms with Gasteiger partial charge in [0.25, 0.3) is 0 Å². The van der Waals surface area contributed by atoms with Gasteiger partial charge in [-0.2, -0.15) is 0 Å². The SMILES string of the molecule is OC(CCN1c2ccccc2N(c2ccccc2)S1(O)O)CNC1CC1. The molecule has 1 unspecified atom stereocenters. The van der Waals surface area contributed by atoms with Crippen molar-refractivity contribution in [2.24, 2.45) is 0 Å². The minimum atomic E-state index is -3.22. The molecule has 1 saturated carbocycles. The first-order chi connectivity index (χ1) is 12.6. The van der Waals surface area contributed by atoms with E-state index < -0.39 is 17.1 Å². The fourth-order valence-electron chi connectivity index (χ4n) is 3.25. The summed E-state index contributed by atoms with van der Waals surface area (Å²) in [4.78, 5) is 0. The first kappa shape index (κ1) is 17.6. The van der Waals surface area contributed by atoms with Crippen molar-refractivity contribution < 1.29 is 14.2 Å². The fraction of sp³-hybridized carbons (Fsp3) is 0.368. The first-order valence-corrected chi connectivity index (χ1v) is 10.4. The second-order valence-electron chi connectivity index (χ2n) is 6.84. The molecule has 0 saturated heterocycles. The van der Waals surface area contributed by atoms with Gasteiger partial charge >= 0.3 is 0 Å². The third-order valence-corrected chi connectivity index (χ3v) is 6.65. The van der Waals surface area contributed by atoms with Crippen LogP contribution in [0.3, 0.4) is 0 Å². The standard InChI is InChI=1S/C19H25N3O3S/c23-17(14-20-15-10-11-15)12-13-21-18-8-4-5-9-19(18)22(26(21,24)25)16-6-2-1-3-7-16/h1-9,15,17,20,23-25H,10-14H2. The van der Waals surface area contributed by atoms with Crippen molar-refractivity contribution in [1.29, 1.82) is 0 Å². The average Bonchev–Trinajstić information content (AvgIpc) is 3.43. The van der Waals surface area contributed by atoms with Gasteiger partial charge in [0.1, 0.15) is 0 Å². The monoisotopic (exact) mass is 375 g/mol. The Kier molecular flexibility index (Phi) is 4.81. The highest BCUT2D eigenvalue weighted by Crippen LogP contribution is 2.63. The van der Waals surface area contributed by atoms with Crippen molar-refractivity contribution >= 4 is 28.0 Å². The molecule has 4 rings (SSSR count). The summed E-state index contributed by atoms with van der Waals surface area (Å²) in [5.74, 6) is 0. The lowest BCUT2D eigenvalue weighted by atomic mass is 10.2. The van der Waals surface area contributed by atoms with E-state index in [1.807, 2.05) is 54.6 Å². The normalized spacial score (nSPS) is 20.7. The van der Waals surface area contributed by atoms with E-state index in [1.54, 1.807) is 8.61 Å². The van der Waals surface area contributed by atoms with Gasteiger partial charge in [0, 0.05) is 19.1 Å². The Balaban J connectivity index is 1.54. The van der Waals surface area contributed by atoms with E-state index >= 15 is 0 Å². The number of aliphatic hydroxyl groups is 1. The number of rotatable bonds is 7. The summed E-state index contributed by atoms with van der Waals surface area (Å²) in [6.45, 7) is 0.915. The van der Waals surface area contributed by atoms with Gasteiger partial charge < -0.3 is 10.4 Å². The minimum Gasteiger partial charge on any atom is -0.392 e. The quantitative estimate of drug-likeness (QED) is 0.591. The number of nitrogens with zero attached hydrogens (tertiary/aromatic N) is 2. The number of anilines is 3. The molecule has 0 spiro atoms. The third kappa shape index (κ3) is 3.41. The Bertz CT molecular complexity index is 755. The van der Waals surface area contributed by atoms with Gasteiger partial charge in [-0.3, -0.25) is 13.4 Å². The Labute approximate surface area is 155 Å². The van der Waals surface area contributed by atoms with Gasteiger partial charge in [-0.15, -0.1) is 0 Å². The van der Waals surface area contributed by atoms with Crippen LogP contribution in [0, 0.1) is 0 Å². The molecule has 1 atom stereocenters. The minimum absolute atomic E-state index is 0.371. The van der Waals surface area contributed by atoms with Gasteiger partial charge in [-0.05, 0) is 54.5 Å². The number of nitrogens with one attached hydrogen (secondary N) is 1. The Morgan fingerprint density at radius 1 is 1.00 bits per heavy atom. The zero-order valence-electron chi connectivity index (χ0n) is 14.5. The third-order valence-electron chi connectivity index (χ3n) is 4.79. The van der Waals surface area contributed by atoms with Crippen LogP contribution in [0.4, 0.5) is 17.1 Å². The van der Waals surface area contributed by atoms with Crippen molar-refractivity contribution in [2.75, 3.05) is 21.7 Å². The number of hydrogen-bond acceptors (Lipinski definition) is 6. The zero-order chi connectivity index (χ0) is 18.1. The van der Waals surface area contributed by atoms with Crippen LogP contribution < -0.4 is 13.9 Å². The maximum atomic E-state index is 11.0. The average molecular weight is 375 g/mol. The molecule has 1 heterocycles. The second-order valence-corrected chi connectivity index (χ2v) is 8.62. The molecule has 2 aromatic carbocycles. The highest BCUT2D eigenvalue weighted by Gasteiger charge is 2.41. The van der Waals surface area contributed by atoms with Crippen molar-refractivity contribution in [1.82, 2.24) is 5.32 Å². The van der Waals surface area contributed by atoms with Crippen LogP contribution in [0.5, 0.6) is 0 Å². The lowest BCUT2D eigenvalue weighted by molar-refractivity contribution is 0.164. The van der Waals surface area contributed by atoms with Crippen LogP contribution in [0.25, 0.3) is 0 Å². The molecular formula is C19H25N3O3S. The summed E-state index contributed by atoms with van der Waals surface area (Å²) in [5.41, 5.74) is 2.28. The number of para-hydroxylation sites is 3. The van der Waals surface area contributed by atoms with E-state index in [-0.39, 0.29) is 0 Å². The number of aliphatic hydroxyl groups excluding tert-OH is 1. The number of hydrogen-bond donors (Lipinski definition) is 4. The van der Waals surface area contributed by atoms with Crippen LogP contribution in [-0.4, -0.2) is 39.4 Å². The lowest BCUT2D eigenvalue weighted by Gasteiger charge is -2.44. The van der Waals surface area contributed by atoms with Crippen LogP contribution in [0.1, 0.15) is 19.3 Å². The number of benzene rings is 2.